The third kappa shape index (κ3) is 2.49. The van der Waals surface area contributed by atoms with Crippen molar-refractivity contribution in [2.75, 3.05) is 33.2 Å². The van der Waals surface area contributed by atoms with Crippen molar-refractivity contribution in [3.05, 3.63) is 0 Å². The first kappa shape index (κ1) is 12.5. The van der Waals surface area contributed by atoms with Crippen LogP contribution >= 0.6 is 24.8 Å². The smallest absolute Gasteiger partial charge is 0.00219 e. The van der Waals surface area contributed by atoms with Gasteiger partial charge in [-0.1, -0.05) is 0 Å². The van der Waals surface area contributed by atoms with Crippen LogP contribution in [0, 0.1) is 11.8 Å². The maximum absolute atomic E-state index is 3.46. The third-order valence-corrected chi connectivity index (χ3v) is 2.91. The summed E-state index contributed by atoms with van der Waals surface area (Å²) in [5.74, 6) is 1.95. The van der Waals surface area contributed by atoms with Gasteiger partial charge in [-0.3, -0.25) is 0 Å². The minimum atomic E-state index is 0. The fourth-order valence-corrected chi connectivity index (χ4v) is 2.22. The quantitative estimate of drug-likeness (QED) is 0.645. The number of hydrogen-bond acceptors (Lipinski definition) is 2. The summed E-state index contributed by atoms with van der Waals surface area (Å²) in [5.41, 5.74) is 0. The van der Waals surface area contributed by atoms with Crippen molar-refractivity contribution in [3.63, 3.8) is 0 Å². The van der Waals surface area contributed by atoms with E-state index in [-0.39, 0.29) is 24.8 Å². The molecule has 2 aliphatic rings. The largest absolute Gasteiger partial charge is 0.316 e. The second-order valence-corrected chi connectivity index (χ2v) is 3.73. The number of hydrogen-bond donors (Lipinski definition) is 1. The van der Waals surface area contributed by atoms with Crippen LogP contribution in [-0.4, -0.2) is 38.1 Å². The monoisotopic (exact) mass is 212 g/mol. The van der Waals surface area contributed by atoms with E-state index >= 15 is 0 Å². The highest BCUT2D eigenvalue weighted by Gasteiger charge is 2.30. The molecular formula is C8H18Cl2N2. The fraction of sp³-hybridized carbons (Fsp3) is 1.00. The molecule has 0 aromatic rings. The molecule has 2 fully saturated rings. The summed E-state index contributed by atoms with van der Waals surface area (Å²) >= 11 is 0. The Morgan fingerprint density at radius 3 is 2.58 bits per heavy atom. The number of nitrogens with zero attached hydrogens (tertiary/aromatic N) is 1. The minimum absolute atomic E-state index is 0. The van der Waals surface area contributed by atoms with Gasteiger partial charge in [0.15, 0.2) is 0 Å². The van der Waals surface area contributed by atoms with Crippen LogP contribution in [0.4, 0.5) is 0 Å². The van der Waals surface area contributed by atoms with Gasteiger partial charge < -0.3 is 10.2 Å². The maximum Gasteiger partial charge on any atom is 0.00219 e. The lowest BCUT2D eigenvalue weighted by molar-refractivity contribution is 0.178. The van der Waals surface area contributed by atoms with Crippen molar-refractivity contribution in [1.29, 1.82) is 0 Å². The summed E-state index contributed by atoms with van der Waals surface area (Å²) in [5, 5.41) is 3.46. The molecule has 2 saturated heterocycles. The van der Waals surface area contributed by atoms with Gasteiger partial charge in [0.25, 0.3) is 0 Å². The van der Waals surface area contributed by atoms with Gasteiger partial charge in [0.2, 0.25) is 0 Å². The molecule has 2 aliphatic heterocycles. The normalized spacial score (nSPS) is 34.8. The van der Waals surface area contributed by atoms with E-state index in [4.69, 9.17) is 0 Å². The Morgan fingerprint density at radius 2 is 1.83 bits per heavy atom. The van der Waals surface area contributed by atoms with E-state index in [1.807, 2.05) is 0 Å². The molecule has 12 heavy (non-hydrogen) atoms. The molecule has 0 aliphatic carbocycles. The number of fused-ring (bicyclic) bond motifs is 1. The first-order chi connectivity index (χ1) is 4.86. The molecule has 0 saturated carbocycles. The molecule has 0 bridgehead atoms. The summed E-state index contributed by atoms with van der Waals surface area (Å²) in [7, 11) is 2.23. The highest BCUT2D eigenvalue weighted by molar-refractivity contribution is 5.85. The van der Waals surface area contributed by atoms with E-state index in [2.05, 4.69) is 17.3 Å². The van der Waals surface area contributed by atoms with Gasteiger partial charge in [-0.15, -0.1) is 24.8 Å². The summed E-state index contributed by atoms with van der Waals surface area (Å²) in [6.07, 6.45) is 1.41. The molecule has 2 rings (SSSR count). The van der Waals surface area contributed by atoms with Crippen LogP contribution in [-0.2, 0) is 0 Å². The van der Waals surface area contributed by atoms with Crippen LogP contribution in [0.25, 0.3) is 0 Å². The fourth-order valence-electron chi connectivity index (χ4n) is 2.22. The molecule has 0 amide bonds. The van der Waals surface area contributed by atoms with Crippen LogP contribution in [0.3, 0.4) is 0 Å². The standard InChI is InChI=1S/C8H16N2.2ClH/c1-10-3-2-7-4-9-5-8(7)6-10;;/h7-9H,2-6H2,1H3;2*1H/t7-,8-;;/m0../s1. The Bertz CT molecular complexity index is 132. The van der Waals surface area contributed by atoms with Crippen LogP contribution in [0.2, 0.25) is 0 Å². The van der Waals surface area contributed by atoms with E-state index in [9.17, 15) is 0 Å². The van der Waals surface area contributed by atoms with Crippen LogP contribution in [0.1, 0.15) is 6.42 Å². The Kier molecular flexibility index (Phi) is 5.50. The number of piperidine rings is 1. The SMILES string of the molecule is CN1CC[C@H]2CNC[C@H]2C1.Cl.Cl. The predicted molar refractivity (Wildman–Crippen MR) is 56.5 cm³/mol. The first-order valence-corrected chi connectivity index (χ1v) is 4.25. The molecule has 4 heteroatoms. The Labute approximate surface area is 86.9 Å². The van der Waals surface area contributed by atoms with Crippen molar-refractivity contribution < 1.29 is 0 Å². The Morgan fingerprint density at radius 1 is 1.17 bits per heavy atom. The van der Waals surface area contributed by atoms with Crippen molar-refractivity contribution in [3.8, 4) is 0 Å². The molecule has 2 heterocycles. The number of nitrogens with one attached hydrogen (secondary N) is 1. The number of likely N-dealkylation sites (tertiary alicyclic amines) is 1. The molecule has 0 unspecified atom stereocenters. The molecular weight excluding hydrogens is 195 g/mol. The van der Waals surface area contributed by atoms with Crippen molar-refractivity contribution in [2.24, 2.45) is 11.8 Å². The average Bonchev–Trinajstić information content (AvgIpc) is 2.33. The first-order valence-electron chi connectivity index (χ1n) is 4.25. The topological polar surface area (TPSA) is 15.3 Å². The summed E-state index contributed by atoms with van der Waals surface area (Å²) in [6.45, 7) is 5.16. The molecule has 2 nitrogen and oxygen atoms in total. The van der Waals surface area contributed by atoms with E-state index in [1.54, 1.807) is 0 Å². The minimum Gasteiger partial charge on any atom is -0.316 e. The molecule has 0 radical (unpaired) electrons. The van der Waals surface area contributed by atoms with E-state index in [0.717, 1.165) is 11.8 Å². The number of rotatable bonds is 0. The molecule has 2 atom stereocenters. The predicted octanol–water partition coefficient (Wildman–Crippen LogP) is 1.00. The van der Waals surface area contributed by atoms with Gasteiger partial charge in [-0.25, -0.2) is 0 Å². The highest BCUT2D eigenvalue weighted by Crippen LogP contribution is 2.25. The van der Waals surface area contributed by atoms with Gasteiger partial charge in [0.05, 0.1) is 0 Å². The van der Waals surface area contributed by atoms with Gasteiger partial charge in [-0.05, 0) is 44.9 Å². The second-order valence-electron chi connectivity index (χ2n) is 3.73. The van der Waals surface area contributed by atoms with Crippen LogP contribution in [0.15, 0.2) is 0 Å². The lowest BCUT2D eigenvalue weighted by Gasteiger charge is -2.31. The van der Waals surface area contributed by atoms with Crippen LogP contribution < -0.4 is 5.32 Å². The Hall–Kier alpha value is 0.500. The lowest BCUT2D eigenvalue weighted by atomic mass is 9.89. The molecule has 0 spiro atoms. The zero-order chi connectivity index (χ0) is 6.97. The van der Waals surface area contributed by atoms with E-state index in [1.165, 1.54) is 32.6 Å². The summed E-state index contributed by atoms with van der Waals surface area (Å²) in [6, 6.07) is 0. The molecule has 0 aromatic heterocycles. The highest BCUT2D eigenvalue weighted by atomic mass is 35.5. The third-order valence-electron chi connectivity index (χ3n) is 2.91. The summed E-state index contributed by atoms with van der Waals surface area (Å²) < 4.78 is 0. The van der Waals surface area contributed by atoms with E-state index in [0.29, 0.717) is 0 Å². The van der Waals surface area contributed by atoms with Crippen molar-refractivity contribution >= 4 is 24.8 Å². The van der Waals surface area contributed by atoms with E-state index < -0.39 is 0 Å². The molecule has 74 valence electrons. The molecule has 0 aromatic carbocycles. The second kappa shape index (κ2) is 5.28. The van der Waals surface area contributed by atoms with Gasteiger partial charge in [-0.2, -0.15) is 0 Å². The van der Waals surface area contributed by atoms with Crippen LogP contribution in [0.5, 0.6) is 0 Å². The average molecular weight is 213 g/mol. The number of halogens is 2. The summed E-state index contributed by atoms with van der Waals surface area (Å²) in [4.78, 5) is 2.45. The van der Waals surface area contributed by atoms with Gasteiger partial charge >= 0.3 is 0 Å². The van der Waals surface area contributed by atoms with Crippen molar-refractivity contribution in [2.45, 2.75) is 6.42 Å². The van der Waals surface area contributed by atoms with Crippen molar-refractivity contribution in [1.82, 2.24) is 10.2 Å². The Balaban J connectivity index is 0.000000605. The molecule has 1 N–H and O–H groups in total. The lowest BCUT2D eigenvalue weighted by Crippen LogP contribution is -2.37. The maximum atomic E-state index is 3.46. The van der Waals surface area contributed by atoms with Gasteiger partial charge in [0.1, 0.15) is 0 Å². The zero-order valence-corrected chi connectivity index (χ0v) is 9.09. The van der Waals surface area contributed by atoms with Gasteiger partial charge in [0, 0.05) is 6.54 Å². The zero-order valence-electron chi connectivity index (χ0n) is 7.45.